The summed E-state index contributed by atoms with van der Waals surface area (Å²) in [5.74, 6) is 1.05. The molecule has 3 heteroatoms. The van der Waals surface area contributed by atoms with Crippen LogP contribution in [0.5, 0.6) is 5.75 Å². The topological polar surface area (TPSA) is 55.5 Å². The lowest BCUT2D eigenvalue weighted by Crippen LogP contribution is -2.59. The first kappa shape index (κ1) is 13.4. The van der Waals surface area contributed by atoms with Gasteiger partial charge in [-0.3, -0.25) is 0 Å². The molecule has 18 heavy (non-hydrogen) atoms. The zero-order chi connectivity index (χ0) is 13.4. The maximum Gasteiger partial charge on any atom is 0.122 e. The zero-order valence-corrected chi connectivity index (χ0v) is 11.4. The van der Waals surface area contributed by atoms with E-state index < -0.39 is 11.0 Å². The molecule has 2 rings (SSSR count). The van der Waals surface area contributed by atoms with E-state index >= 15 is 0 Å². The van der Waals surface area contributed by atoms with E-state index in [-0.39, 0.29) is 5.92 Å². The highest BCUT2D eigenvalue weighted by molar-refractivity contribution is 5.37. The summed E-state index contributed by atoms with van der Waals surface area (Å²) in [5, 5.41) is 10.8. The van der Waals surface area contributed by atoms with E-state index in [9.17, 15) is 5.11 Å². The molecule has 0 fully saturated rings. The third-order valence-electron chi connectivity index (χ3n) is 4.59. The molecule has 2 unspecified atom stereocenters. The van der Waals surface area contributed by atoms with Gasteiger partial charge in [-0.25, -0.2) is 0 Å². The number of hydrogen-bond donors (Lipinski definition) is 2. The van der Waals surface area contributed by atoms with E-state index in [4.69, 9.17) is 10.5 Å². The molecule has 3 N–H and O–H groups in total. The molecule has 2 atom stereocenters. The quantitative estimate of drug-likeness (QED) is 0.861. The fraction of sp³-hybridized carbons (Fsp3) is 0.600. The Labute approximate surface area is 109 Å². The fourth-order valence-electron chi connectivity index (χ4n) is 2.70. The summed E-state index contributed by atoms with van der Waals surface area (Å²) in [5.41, 5.74) is 5.87. The lowest BCUT2D eigenvalue weighted by molar-refractivity contribution is -0.123. The molecule has 1 aliphatic heterocycles. The monoisotopic (exact) mass is 249 g/mol. The molecule has 0 aliphatic carbocycles. The Bertz CT molecular complexity index is 428. The number of fused-ring (bicyclic) bond motifs is 1. The third kappa shape index (κ3) is 1.91. The third-order valence-corrected chi connectivity index (χ3v) is 4.59. The number of benzene rings is 1. The normalized spacial score (nSPS) is 26.3. The van der Waals surface area contributed by atoms with Crippen LogP contribution in [-0.4, -0.2) is 23.9 Å². The Morgan fingerprint density at radius 2 is 2.11 bits per heavy atom. The van der Waals surface area contributed by atoms with Crippen molar-refractivity contribution in [1.29, 1.82) is 0 Å². The van der Waals surface area contributed by atoms with E-state index in [1.54, 1.807) is 0 Å². The van der Waals surface area contributed by atoms with Crippen molar-refractivity contribution < 1.29 is 9.84 Å². The molecule has 1 aromatic rings. The first-order valence-corrected chi connectivity index (χ1v) is 6.56. The van der Waals surface area contributed by atoms with E-state index in [2.05, 4.69) is 6.07 Å². The Balaban J connectivity index is 2.38. The number of nitrogens with two attached hydrogens (primary N) is 1. The highest BCUT2D eigenvalue weighted by Crippen LogP contribution is 2.44. The summed E-state index contributed by atoms with van der Waals surface area (Å²) in [6, 6.07) is 7.99. The number of para-hydroxylation sites is 1. The fourth-order valence-corrected chi connectivity index (χ4v) is 2.70. The summed E-state index contributed by atoms with van der Waals surface area (Å²) in [6.45, 7) is 6.83. The smallest absolute Gasteiger partial charge is 0.122 e. The van der Waals surface area contributed by atoms with Crippen LogP contribution in [0.2, 0.25) is 0 Å². The molecule has 0 saturated carbocycles. The Morgan fingerprint density at radius 3 is 2.72 bits per heavy atom. The molecular weight excluding hydrogens is 226 g/mol. The first-order valence-electron chi connectivity index (χ1n) is 6.56. The summed E-state index contributed by atoms with van der Waals surface area (Å²) < 4.78 is 5.83. The van der Waals surface area contributed by atoms with Crippen LogP contribution in [0.1, 0.15) is 26.3 Å². The number of aliphatic hydroxyl groups is 1. The maximum atomic E-state index is 10.8. The minimum atomic E-state index is -0.838. The van der Waals surface area contributed by atoms with E-state index in [0.29, 0.717) is 13.2 Å². The van der Waals surface area contributed by atoms with Crippen LogP contribution < -0.4 is 10.5 Å². The molecule has 1 aliphatic rings. The van der Waals surface area contributed by atoms with Crippen molar-refractivity contribution in [2.45, 2.75) is 32.8 Å². The Hall–Kier alpha value is -1.06. The summed E-state index contributed by atoms with van der Waals surface area (Å²) in [4.78, 5) is 0. The van der Waals surface area contributed by atoms with Crippen molar-refractivity contribution >= 4 is 0 Å². The molecule has 3 nitrogen and oxygen atoms in total. The molecule has 0 spiro atoms. The van der Waals surface area contributed by atoms with Gasteiger partial charge in [-0.1, -0.05) is 32.0 Å². The lowest BCUT2D eigenvalue weighted by Gasteiger charge is -2.49. The van der Waals surface area contributed by atoms with Crippen LogP contribution in [0.3, 0.4) is 0 Å². The molecule has 0 bridgehead atoms. The minimum Gasteiger partial charge on any atom is -0.493 e. The lowest BCUT2D eigenvalue weighted by atomic mass is 9.64. The molecular formula is C15H23NO2. The average Bonchev–Trinajstić information content (AvgIpc) is 2.37. The predicted octanol–water partition coefficient (Wildman–Crippen LogP) is 1.97. The number of hydrogen-bond acceptors (Lipinski definition) is 3. The standard InChI is InChI=1S/C15H23NO2/c1-11(2)14(3,17)15(9-16)8-12-6-4-5-7-13(12)18-10-15/h4-7,11,17H,8-10,16H2,1-3H3. The summed E-state index contributed by atoms with van der Waals surface area (Å²) in [6.07, 6.45) is 0.769. The van der Waals surface area contributed by atoms with Gasteiger partial charge in [-0.2, -0.15) is 0 Å². The molecule has 0 aromatic heterocycles. The molecule has 1 aromatic carbocycles. The second-order valence-corrected chi connectivity index (χ2v) is 5.86. The Morgan fingerprint density at radius 1 is 1.44 bits per heavy atom. The van der Waals surface area contributed by atoms with E-state index in [1.807, 2.05) is 39.0 Å². The molecule has 0 amide bonds. The van der Waals surface area contributed by atoms with Gasteiger partial charge in [0.2, 0.25) is 0 Å². The van der Waals surface area contributed by atoms with Crippen LogP contribution in [0.25, 0.3) is 0 Å². The van der Waals surface area contributed by atoms with Gasteiger partial charge < -0.3 is 15.6 Å². The zero-order valence-electron chi connectivity index (χ0n) is 11.4. The van der Waals surface area contributed by atoms with E-state index in [1.165, 1.54) is 0 Å². The molecule has 100 valence electrons. The minimum absolute atomic E-state index is 0.134. The van der Waals surface area contributed by atoms with Gasteiger partial charge in [-0.15, -0.1) is 0 Å². The average molecular weight is 249 g/mol. The van der Waals surface area contributed by atoms with Gasteiger partial charge >= 0.3 is 0 Å². The molecule has 0 radical (unpaired) electrons. The number of ether oxygens (including phenoxy) is 1. The van der Waals surface area contributed by atoms with Crippen molar-refractivity contribution in [3.05, 3.63) is 29.8 Å². The van der Waals surface area contributed by atoms with Crippen molar-refractivity contribution in [2.24, 2.45) is 17.1 Å². The van der Waals surface area contributed by atoms with Gasteiger partial charge in [0, 0.05) is 12.0 Å². The highest BCUT2D eigenvalue weighted by atomic mass is 16.5. The van der Waals surface area contributed by atoms with Gasteiger partial charge in [0.25, 0.3) is 0 Å². The van der Waals surface area contributed by atoms with Crippen LogP contribution >= 0.6 is 0 Å². The first-order chi connectivity index (χ1) is 8.43. The van der Waals surface area contributed by atoms with Gasteiger partial charge in [0.15, 0.2) is 0 Å². The Kier molecular flexibility index (Phi) is 3.39. The second kappa shape index (κ2) is 4.56. The van der Waals surface area contributed by atoms with Gasteiger partial charge in [0.1, 0.15) is 5.75 Å². The van der Waals surface area contributed by atoms with Crippen LogP contribution in [-0.2, 0) is 6.42 Å². The predicted molar refractivity (Wildman–Crippen MR) is 72.6 cm³/mol. The van der Waals surface area contributed by atoms with Crippen molar-refractivity contribution in [3.63, 3.8) is 0 Å². The van der Waals surface area contributed by atoms with Crippen molar-refractivity contribution in [1.82, 2.24) is 0 Å². The van der Waals surface area contributed by atoms with Crippen molar-refractivity contribution in [3.8, 4) is 5.75 Å². The van der Waals surface area contributed by atoms with Crippen LogP contribution in [0.15, 0.2) is 24.3 Å². The largest absolute Gasteiger partial charge is 0.493 e. The highest BCUT2D eigenvalue weighted by Gasteiger charge is 2.50. The SMILES string of the molecule is CC(C)C(C)(O)C1(CN)COc2ccccc2C1. The summed E-state index contributed by atoms with van der Waals surface area (Å²) in [7, 11) is 0. The van der Waals surface area contributed by atoms with Crippen LogP contribution in [0, 0.1) is 11.3 Å². The summed E-state index contributed by atoms with van der Waals surface area (Å²) >= 11 is 0. The molecule has 0 saturated heterocycles. The second-order valence-electron chi connectivity index (χ2n) is 5.86. The van der Waals surface area contributed by atoms with Gasteiger partial charge in [0.05, 0.1) is 12.2 Å². The molecule has 1 heterocycles. The van der Waals surface area contributed by atoms with Gasteiger partial charge in [-0.05, 0) is 30.9 Å². The maximum absolute atomic E-state index is 10.8. The van der Waals surface area contributed by atoms with Crippen LogP contribution in [0.4, 0.5) is 0 Å². The number of rotatable bonds is 3. The van der Waals surface area contributed by atoms with E-state index in [0.717, 1.165) is 17.7 Å². The van der Waals surface area contributed by atoms with Crippen molar-refractivity contribution in [2.75, 3.05) is 13.2 Å².